The molecule has 1 aromatic heterocycles. The van der Waals surface area contributed by atoms with E-state index in [1.165, 1.54) is 0 Å². The molecule has 19 heavy (non-hydrogen) atoms. The number of benzene rings is 2. The van der Waals surface area contributed by atoms with Gasteiger partial charge in [-0.3, -0.25) is 4.79 Å². The van der Waals surface area contributed by atoms with Gasteiger partial charge in [0.1, 0.15) is 0 Å². The Morgan fingerprint density at radius 2 is 1.89 bits per heavy atom. The molecule has 4 nitrogen and oxygen atoms in total. The summed E-state index contributed by atoms with van der Waals surface area (Å²) in [6.45, 7) is 0. The highest BCUT2D eigenvalue weighted by atomic mass is 16.1. The van der Waals surface area contributed by atoms with Crippen molar-refractivity contribution in [1.82, 2.24) is 9.55 Å². The van der Waals surface area contributed by atoms with Crippen molar-refractivity contribution in [2.75, 3.05) is 5.73 Å². The molecule has 0 atom stereocenters. The first-order chi connectivity index (χ1) is 9.16. The van der Waals surface area contributed by atoms with Crippen LogP contribution in [0.15, 0.2) is 48.8 Å². The van der Waals surface area contributed by atoms with E-state index < -0.39 is 0 Å². The second kappa shape index (κ2) is 4.24. The van der Waals surface area contributed by atoms with Crippen LogP contribution in [0.3, 0.4) is 0 Å². The van der Waals surface area contributed by atoms with Gasteiger partial charge < -0.3 is 10.3 Å². The molecule has 2 N–H and O–H groups in total. The van der Waals surface area contributed by atoms with E-state index in [0.29, 0.717) is 17.1 Å². The fourth-order valence-corrected chi connectivity index (χ4v) is 2.16. The number of carbonyl (C=O) groups is 1. The number of nitrogens with two attached hydrogens (primary N) is 1. The minimum atomic E-state index is -0.157. The fraction of sp³-hybridized carbons (Fsp3) is 0.0667. The molecule has 0 radical (unpaired) electrons. The summed E-state index contributed by atoms with van der Waals surface area (Å²) < 4.78 is 1.69. The lowest BCUT2D eigenvalue weighted by Gasteiger charge is -2.07. The summed E-state index contributed by atoms with van der Waals surface area (Å²) in [5, 5.41) is 2.02. The quantitative estimate of drug-likeness (QED) is 0.562. The maximum Gasteiger partial charge on any atom is 0.230 e. The Labute approximate surface area is 110 Å². The van der Waals surface area contributed by atoms with Crippen molar-refractivity contribution >= 4 is 22.2 Å². The molecule has 0 aliphatic heterocycles. The summed E-state index contributed by atoms with van der Waals surface area (Å²) in [5.74, 6) is 0.234. The van der Waals surface area contributed by atoms with Gasteiger partial charge in [0.25, 0.3) is 0 Å². The van der Waals surface area contributed by atoms with Gasteiger partial charge >= 0.3 is 0 Å². The Morgan fingerprint density at radius 3 is 2.53 bits per heavy atom. The summed E-state index contributed by atoms with van der Waals surface area (Å²) in [7, 11) is 1.79. The molecule has 0 spiro atoms. The lowest BCUT2D eigenvalue weighted by atomic mass is 10.0. The van der Waals surface area contributed by atoms with E-state index in [1.54, 1.807) is 24.0 Å². The van der Waals surface area contributed by atoms with Crippen LogP contribution in [0.1, 0.15) is 16.2 Å². The predicted octanol–water partition coefficient (Wildman–Crippen LogP) is 2.39. The molecule has 3 rings (SSSR count). The highest BCUT2D eigenvalue weighted by molar-refractivity contribution is 6.12. The van der Waals surface area contributed by atoms with E-state index in [9.17, 15) is 4.79 Å². The molecule has 2 aromatic carbocycles. The lowest BCUT2D eigenvalue weighted by Crippen LogP contribution is -2.11. The Kier molecular flexibility index (Phi) is 2.56. The minimum absolute atomic E-state index is 0.157. The van der Waals surface area contributed by atoms with Crippen LogP contribution in [0.4, 0.5) is 5.69 Å². The van der Waals surface area contributed by atoms with Crippen LogP contribution in [0, 0.1) is 0 Å². The third kappa shape index (κ3) is 1.87. The molecule has 94 valence electrons. The number of ketones is 1. The number of fused-ring (bicyclic) bond motifs is 1. The molecule has 3 aromatic rings. The van der Waals surface area contributed by atoms with Gasteiger partial charge in [0.2, 0.25) is 5.78 Å². The molecule has 0 saturated heterocycles. The Balaban J connectivity index is 2.17. The number of hydrogen-bond donors (Lipinski definition) is 1. The van der Waals surface area contributed by atoms with E-state index in [0.717, 1.165) is 10.8 Å². The van der Waals surface area contributed by atoms with Crippen molar-refractivity contribution in [2.24, 2.45) is 7.05 Å². The topological polar surface area (TPSA) is 60.9 Å². The van der Waals surface area contributed by atoms with Gasteiger partial charge in [-0.25, -0.2) is 4.98 Å². The van der Waals surface area contributed by atoms with E-state index in [2.05, 4.69) is 4.98 Å². The third-order valence-corrected chi connectivity index (χ3v) is 3.19. The zero-order valence-corrected chi connectivity index (χ0v) is 10.5. The summed E-state index contributed by atoms with van der Waals surface area (Å²) in [6.07, 6.45) is 3.34. The SMILES string of the molecule is Cn1ccnc1C(=O)c1cc2ccccc2cc1N. The average Bonchev–Trinajstić information content (AvgIpc) is 2.83. The molecule has 4 heteroatoms. The summed E-state index contributed by atoms with van der Waals surface area (Å²) in [6, 6.07) is 11.5. The van der Waals surface area contributed by atoms with Crippen molar-refractivity contribution in [2.45, 2.75) is 0 Å². The predicted molar refractivity (Wildman–Crippen MR) is 75.0 cm³/mol. The van der Waals surface area contributed by atoms with Crippen molar-refractivity contribution in [3.8, 4) is 0 Å². The summed E-state index contributed by atoms with van der Waals surface area (Å²) >= 11 is 0. The van der Waals surface area contributed by atoms with Crippen LogP contribution in [0.5, 0.6) is 0 Å². The Hall–Kier alpha value is -2.62. The van der Waals surface area contributed by atoms with Crippen molar-refractivity contribution in [3.05, 3.63) is 60.2 Å². The van der Waals surface area contributed by atoms with Crippen LogP contribution in [-0.4, -0.2) is 15.3 Å². The second-order valence-corrected chi connectivity index (χ2v) is 4.48. The Bertz CT molecular complexity index is 774. The van der Waals surface area contributed by atoms with E-state index >= 15 is 0 Å². The lowest BCUT2D eigenvalue weighted by molar-refractivity contribution is 0.102. The van der Waals surface area contributed by atoms with Crippen molar-refractivity contribution in [1.29, 1.82) is 0 Å². The van der Waals surface area contributed by atoms with E-state index in [4.69, 9.17) is 5.73 Å². The van der Waals surface area contributed by atoms with Crippen LogP contribution in [-0.2, 0) is 7.05 Å². The molecule has 0 fully saturated rings. The number of nitrogen functional groups attached to an aromatic ring is 1. The van der Waals surface area contributed by atoms with Crippen LogP contribution < -0.4 is 5.73 Å². The first kappa shape index (κ1) is 11.5. The van der Waals surface area contributed by atoms with Gasteiger partial charge in [-0.1, -0.05) is 24.3 Å². The molecule has 0 aliphatic rings. The molecule has 0 amide bonds. The highest BCUT2D eigenvalue weighted by Gasteiger charge is 2.16. The molecular formula is C15H13N3O. The monoisotopic (exact) mass is 251 g/mol. The number of aryl methyl sites for hydroxylation is 1. The largest absolute Gasteiger partial charge is 0.398 e. The number of anilines is 1. The van der Waals surface area contributed by atoms with Gasteiger partial charge in [-0.2, -0.15) is 0 Å². The number of aromatic nitrogens is 2. The Morgan fingerprint density at radius 1 is 1.21 bits per heavy atom. The van der Waals surface area contributed by atoms with Gasteiger partial charge in [-0.15, -0.1) is 0 Å². The molecule has 0 aliphatic carbocycles. The second-order valence-electron chi connectivity index (χ2n) is 4.48. The molecular weight excluding hydrogens is 238 g/mol. The van der Waals surface area contributed by atoms with Crippen molar-refractivity contribution < 1.29 is 4.79 Å². The number of imidazole rings is 1. The average molecular weight is 251 g/mol. The van der Waals surface area contributed by atoms with Crippen LogP contribution in [0.25, 0.3) is 10.8 Å². The normalized spacial score (nSPS) is 10.8. The van der Waals surface area contributed by atoms with Crippen LogP contribution >= 0.6 is 0 Å². The number of rotatable bonds is 2. The number of nitrogens with zero attached hydrogens (tertiary/aromatic N) is 2. The molecule has 0 saturated carbocycles. The minimum Gasteiger partial charge on any atom is -0.398 e. The maximum absolute atomic E-state index is 12.4. The zero-order valence-electron chi connectivity index (χ0n) is 10.5. The molecule has 1 heterocycles. The third-order valence-electron chi connectivity index (χ3n) is 3.19. The first-order valence-corrected chi connectivity index (χ1v) is 5.97. The van der Waals surface area contributed by atoms with E-state index in [1.807, 2.05) is 36.4 Å². The highest BCUT2D eigenvalue weighted by Crippen LogP contribution is 2.23. The summed E-state index contributed by atoms with van der Waals surface area (Å²) in [4.78, 5) is 16.5. The first-order valence-electron chi connectivity index (χ1n) is 5.97. The smallest absolute Gasteiger partial charge is 0.230 e. The summed E-state index contributed by atoms with van der Waals surface area (Å²) in [5.41, 5.74) is 6.96. The zero-order chi connectivity index (χ0) is 13.4. The standard InChI is InChI=1S/C15H13N3O/c1-18-7-6-17-15(18)14(19)12-8-10-4-2-3-5-11(10)9-13(12)16/h2-9H,16H2,1H3. The van der Waals surface area contributed by atoms with Gasteiger partial charge in [0.15, 0.2) is 5.82 Å². The van der Waals surface area contributed by atoms with Crippen LogP contribution in [0.2, 0.25) is 0 Å². The van der Waals surface area contributed by atoms with Crippen molar-refractivity contribution in [3.63, 3.8) is 0 Å². The van der Waals surface area contributed by atoms with Gasteiger partial charge in [-0.05, 0) is 22.9 Å². The maximum atomic E-state index is 12.4. The van der Waals surface area contributed by atoms with Gasteiger partial charge in [0, 0.05) is 30.7 Å². The van der Waals surface area contributed by atoms with Gasteiger partial charge in [0.05, 0.1) is 0 Å². The fourth-order valence-electron chi connectivity index (χ4n) is 2.16. The molecule has 0 unspecified atom stereocenters. The molecule has 0 bridgehead atoms. The number of hydrogen-bond acceptors (Lipinski definition) is 3. The number of carbonyl (C=O) groups excluding carboxylic acids is 1. The van der Waals surface area contributed by atoms with E-state index in [-0.39, 0.29) is 5.78 Å².